The van der Waals surface area contributed by atoms with Gasteiger partial charge in [0.1, 0.15) is 0 Å². The summed E-state index contributed by atoms with van der Waals surface area (Å²) in [5.74, 6) is 0. The van der Waals surface area contributed by atoms with Crippen LogP contribution in [-0.4, -0.2) is 66.8 Å². The van der Waals surface area contributed by atoms with Gasteiger partial charge in [-0.25, -0.2) is 0 Å². The van der Waals surface area contributed by atoms with Gasteiger partial charge in [0.05, 0.1) is 6.10 Å². The predicted octanol–water partition coefficient (Wildman–Crippen LogP) is 1.19. The molecular formula is C17H31N3O. The first-order valence-electron chi connectivity index (χ1n) is 7.80. The molecule has 0 radical (unpaired) electrons. The number of benzene rings is 1. The third-order valence-electron chi connectivity index (χ3n) is 3.89. The van der Waals surface area contributed by atoms with Crippen molar-refractivity contribution in [2.24, 2.45) is 5.73 Å². The molecule has 0 aliphatic carbocycles. The van der Waals surface area contributed by atoms with Gasteiger partial charge in [0, 0.05) is 25.2 Å². The van der Waals surface area contributed by atoms with Crippen LogP contribution in [-0.2, 0) is 6.42 Å². The Labute approximate surface area is 129 Å². The van der Waals surface area contributed by atoms with Crippen molar-refractivity contribution in [3.63, 3.8) is 0 Å². The van der Waals surface area contributed by atoms with Crippen LogP contribution in [0.15, 0.2) is 30.3 Å². The van der Waals surface area contributed by atoms with Crippen LogP contribution >= 0.6 is 0 Å². The van der Waals surface area contributed by atoms with E-state index in [4.69, 9.17) is 5.73 Å². The summed E-state index contributed by atoms with van der Waals surface area (Å²) in [6.07, 6.45) is 0.205. The molecule has 120 valence electrons. The van der Waals surface area contributed by atoms with E-state index in [1.54, 1.807) is 0 Å². The lowest BCUT2D eigenvalue weighted by molar-refractivity contribution is 0.0694. The van der Waals surface area contributed by atoms with Crippen LogP contribution < -0.4 is 5.73 Å². The van der Waals surface area contributed by atoms with Gasteiger partial charge in [-0.15, -0.1) is 0 Å². The molecule has 0 saturated heterocycles. The highest BCUT2D eigenvalue weighted by Crippen LogP contribution is 2.08. The number of hydrogen-bond acceptors (Lipinski definition) is 4. The van der Waals surface area contributed by atoms with Crippen molar-refractivity contribution < 1.29 is 5.11 Å². The first kappa shape index (κ1) is 18.1. The van der Waals surface area contributed by atoms with E-state index < -0.39 is 6.10 Å². The summed E-state index contributed by atoms with van der Waals surface area (Å²) >= 11 is 0. The van der Waals surface area contributed by atoms with Crippen molar-refractivity contribution in [3.05, 3.63) is 35.9 Å². The highest BCUT2D eigenvalue weighted by molar-refractivity contribution is 5.16. The Kier molecular flexibility index (Phi) is 7.89. The van der Waals surface area contributed by atoms with Gasteiger partial charge in [-0.1, -0.05) is 37.3 Å². The molecule has 3 atom stereocenters. The second-order valence-electron chi connectivity index (χ2n) is 6.12. The molecule has 0 bridgehead atoms. The Morgan fingerprint density at radius 1 is 1.14 bits per heavy atom. The molecule has 4 heteroatoms. The number of hydrogen-bond donors (Lipinski definition) is 2. The Morgan fingerprint density at radius 3 is 2.29 bits per heavy atom. The van der Waals surface area contributed by atoms with E-state index in [2.05, 4.69) is 49.9 Å². The number of nitrogens with zero attached hydrogens (tertiary/aromatic N) is 2. The molecule has 1 aromatic carbocycles. The molecule has 1 rings (SSSR count). The molecule has 0 spiro atoms. The third-order valence-corrected chi connectivity index (χ3v) is 3.89. The fraction of sp³-hybridized carbons (Fsp3) is 0.647. The fourth-order valence-electron chi connectivity index (χ4n) is 2.66. The second kappa shape index (κ2) is 9.15. The molecule has 3 N–H and O–H groups in total. The van der Waals surface area contributed by atoms with E-state index in [1.165, 1.54) is 5.56 Å². The van der Waals surface area contributed by atoms with Gasteiger partial charge in [0.25, 0.3) is 0 Å². The number of aliphatic hydroxyl groups excluding tert-OH is 1. The lowest BCUT2D eigenvalue weighted by Crippen LogP contribution is -2.49. The maximum absolute atomic E-state index is 10.4. The Balaban J connectivity index is 2.51. The Morgan fingerprint density at radius 2 is 1.76 bits per heavy atom. The largest absolute Gasteiger partial charge is 0.390 e. The van der Waals surface area contributed by atoms with Crippen LogP contribution in [0.2, 0.25) is 0 Å². The monoisotopic (exact) mass is 293 g/mol. The van der Waals surface area contributed by atoms with Crippen molar-refractivity contribution in [1.82, 2.24) is 9.80 Å². The quantitative estimate of drug-likeness (QED) is 0.718. The minimum Gasteiger partial charge on any atom is -0.390 e. The number of nitrogens with two attached hydrogens (primary N) is 1. The summed E-state index contributed by atoms with van der Waals surface area (Å²) in [5.41, 5.74) is 7.34. The molecule has 21 heavy (non-hydrogen) atoms. The van der Waals surface area contributed by atoms with Gasteiger partial charge in [-0.3, -0.25) is 4.90 Å². The third kappa shape index (κ3) is 6.57. The minimum absolute atomic E-state index is 0.229. The average molecular weight is 293 g/mol. The first-order valence-corrected chi connectivity index (χ1v) is 7.80. The summed E-state index contributed by atoms with van der Waals surface area (Å²) in [7, 11) is 4.14. The van der Waals surface area contributed by atoms with Gasteiger partial charge >= 0.3 is 0 Å². The lowest BCUT2D eigenvalue weighted by Gasteiger charge is -2.33. The molecule has 0 heterocycles. The average Bonchev–Trinajstić information content (AvgIpc) is 2.44. The van der Waals surface area contributed by atoms with Gasteiger partial charge in [0.15, 0.2) is 0 Å². The van der Waals surface area contributed by atoms with Crippen LogP contribution in [0.3, 0.4) is 0 Å². The van der Waals surface area contributed by atoms with Crippen LogP contribution in [0.4, 0.5) is 0 Å². The zero-order valence-electron chi connectivity index (χ0n) is 13.9. The highest BCUT2D eigenvalue weighted by atomic mass is 16.3. The van der Waals surface area contributed by atoms with E-state index in [-0.39, 0.29) is 6.04 Å². The molecule has 0 aromatic heterocycles. The lowest BCUT2D eigenvalue weighted by atomic mass is 10.0. The minimum atomic E-state index is -0.505. The van der Waals surface area contributed by atoms with Gasteiger partial charge in [-0.05, 0) is 39.5 Å². The van der Waals surface area contributed by atoms with Crippen molar-refractivity contribution >= 4 is 0 Å². The molecule has 0 aliphatic rings. The topological polar surface area (TPSA) is 52.7 Å². The van der Waals surface area contributed by atoms with Crippen LogP contribution in [0.5, 0.6) is 0 Å². The van der Waals surface area contributed by atoms with Crippen molar-refractivity contribution in [2.45, 2.75) is 38.5 Å². The SMILES string of the molecule is CCN(CC(O)C(N)Cc1ccccc1)C(C)CN(C)C. The van der Waals surface area contributed by atoms with E-state index in [0.717, 1.165) is 13.1 Å². The summed E-state index contributed by atoms with van der Waals surface area (Å²) in [6, 6.07) is 10.3. The molecule has 3 unspecified atom stereocenters. The molecule has 1 aromatic rings. The van der Waals surface area contributed by atoms with Crippen LogP contribution in [0, 0.1) is 0 Å². The Bertz CT molecular complexity index is 383. The zero-order valence-corrected chi connectivity index (χ0v) is 13.9. The number of aliphatic hydroxyl groups is 1. The summed E-state index contributed by atoms with van der Waals surface area (Å²) in [4.78, 5) is 4.46. The zero-order chi connectivity index (χ0) is 15.8. The highest BCUT2D eigenvalue weighted by Gasteiger charge is 2.21. The first-order chi connectivity index (χ1) is 9.93. The molecule has 4 nitrogen and oxygen atoms in total. The molecular weight excluding hydrogens is 262 g/mol. The number of rotatable bonds is 9. The van der Waals surface area contributed by atoms with Crippen molar-refractivity contribution in [1.29, 1.82) is 0 Å². The molecule has 0 aliphatic heterocycles. The van der Waals surface area contributed by atoms with E-state index in [9.17, 15) is 5.11 Å². The molecule has 0 saturated carbocycles. The second-order valence-corrected chi connectivity index (χ2v) is 6.12. The maximum Gasteiger partial charge on any atom is 0.0821 e. The van der Waals surface area contributed by atoms with Gasteiger partial charge in [0.2, 0.25) is 0 Å². The standard InChI is InChI=1S/C17H31N3O/c1-5-20(14(2)12-19(3)4)13-17(21)16(18)11-15-9-7-6-8-10-15/h6-10,14,16-17,21H,5,11-13,18H2,1-4H3. The van der Waals surface area contributed by atoms with Crippen LogP contribution in [0.25, 0.3) is 0 Å². The predicted molar refractivity (Wildman–Crippen MR) is 89.4 cm³/mol. The smallest absolute Gasteiger partial charge is 0.0821 e. The van der Waals surface area contributed by atoms with Crippen LogP contribution in [0.1, 0.15) is 19.4 Å². The molecule has 0 fully saturated rings. The maximum atomic E-state index is 10.4. The van der Waals surface area contributed by atoms with E-state index in [0.29, 0.717) is 19.0 Å². The van der Waals surface area contributed by atoms with E-state index >= 15 is 0 Å². The summed E-state index contributed by atoms with van der Waals surface area (Å²) in [6.45, 7) is 6.85. The van der Waals surface area contributed by atoms with Crippen molar-refractivity contribution in [2.75, 3.05) is 33.7 Å². The molecule has 0 amide bonds. The number of likely N-dealkylation sites (N-methyl/N-ethyl adjacent to an activating group) is 2. The van der Waals surface area contributed by atoms with Gasteiger partial charge < -0.3 is 15.7 Å². The van der Waals surface area contributed by atoms with Gasteiger partial charge in [-0.2, -0.15) is 0 Å². The van der Waals surface area contributed by atoms with E-state index in [1.807, 2.05) is 18.2 Å². The normalized spacial score (nSPS) is 16.2. The van der Waals surface area contributed by atoms with Crippen molar-refractivity contribution in [3.8, 4) is 0 Å². The fourth-order valence-corrected chi connectivity index (χ4v) is 2.66. The summed E-state index contributed by atoms with van der Waals surface area (Å²) in [5, 5.41) is 10.4. The summed E-state index contributed by atoms with van der Waals surface area (Å²) < 4.78 is 0. The Hall–Kier alpha value is -0.940.